The number of nitrogens with zero attached hydrogens (tertiary/aromatic N) is 2. The zero-order chi connectivity index (χ0) is 17.1. The summed E-state index contributed by atoms with van der Waals surface area (Å²) in [7, 11) is 0. The van der Waals surface area contributed by atoms with E-state index in [0.717, 1.165) is 19.3 Å². The van der Waals surface area contributed by atoms with Gasteiger partial charge in [-0.15, -0.1) is 0 Å². The summed E-state index contributed by atoms with van der Waals surface area (Å²) in [4.78, 5) is 17.1. The van der Waals surface area contributed by atoms with Gasteiger partial charge < -0.3 is 20.6 Å². The minimum atomic E-state index is -1.13. The van der Waals surface area contributed by atoms with Gasteiger partial charge in [0.1, 0.15) is 5.72 Å². The van der Waals surface area contributed by atoms with Crippen molar-refractivity contribution in [3.8, 4) is 0 Å². The fraction of sp³-hybridized carbons (Fsp3) is 0.889. The van der Waals surface area contributed by atoms with Gasteiger partial charge in [-0.2, -0.15) is 0 Å². The molecule has 0 amide bonds. The first kappa shape index (κ1) is 27.1. The number of hydrogen-bond acceptors (Lipinski definition) is 4. The number of carboxylic acids is 1. The molecule has 0 bridgehead atoms. The Morgan fingerprint density at radius 2 is 1.76 bits per heavy atom. The summed E-state index contributed by atoms with van der Waals surface area (Å²) in [6.45, 7) is 5.29. The Bertz CT molecular complexity index is 378. The molecule has 0 radical (unpaired) electrons. The van der Waals surface area contributed by atoms with Gasteiger partial charge in [0.05, 0.1) is 19.3 Å². The number of carbonyl (C=O) groups is 1. The Morgan fingerprint density at radius 1 is 1.20 bits per heavy atom. The quantitative estimate of drug-likeness (QED) is 0.384. The van der Waals surface area contributed by atoms with Crippen LogP contribution in [0.1, 0.15) is 78.1 Å². The summed E-state index contributed by atoms with van der Waals surface area (Å²) in [5.41, 5.74) is -1.13. The second-order valence-electron chi connectivity index (χ2n) is 6.87. The topological polar surface area (TPSA) is 105 Å². The Hall–Kier alpha value is -0.140. The fourth-order valence-corrected chi connectivity index (χ4v) is 3.26. The molecule has 0 saturated heterocycles. The molecule has 7 heteroatoms. The van der Waals surface area contributed by atoms with Crippen LogP contribution in [0.25, 0.3) is 0 Å². The third-order valence-electron chi connectivity index (χ3n) is 4.87. The molecule has 2 unspecified atom stereocenters. The van der Waals surface area contributed by atoms with Gasteiger partial charge in [-0.3, -0.25) is 9.79 Å². The number of aliphatic hydroxyl groups is 1. The van der Waals surface area contributed by atoms with Crippen molar-refractivity contribution >= 4 is 41.9 Å². The third-order valence-corrected chi connectivity index (χ3v) is 4.87. The molecule has 144 valence electrons. The van der Waals surface area contributed by atoms with Crippen molar-refractivity contribution in [2.24, 2.45) is 10.9 Å². The molecule has 1 aliphatic rings. The van der Waals surface area contributed by atoms with Crippen LogP contribution in [0.3, 0.4) is 0 Å². The molecule has 0 aliphatic carbocycles. The molecule has 1 heterocycles. The maximum atomic E-state index is 11.1. The zero-order valence-corrected chi connectivity index (χ0v) is 15.3. The molecule has 1 rings (SSSR count). The number of aliphatic imine (C=N–C) groups is 1. The van der Waals surface area contributed by atoms with Crippen molar-refractivity contribution in [3.05, 3.63) is 0 Å². The molecule has 0 saturated carbocycles. The molecule has 0 aromatic rings. The van der Waals surface area contributed by atoms with E-state index < -0.39 is 11.7 Å². The van der Waals surface area contributed by atoms with Crippen LogP contribution in [-0.2, 0) is 4.79 Å². The van der Waals surface area contributed by atoms with E-state index in [2.05, 4.69) is 11.9 Å². The molecular formula is C18H37N2NaO4. The first-order chi connectivity index (χ1) is 11.0. The molecule has 0 fully saturated rings. The van der Waals surface area contributed by atoms with Crippen LogP contribution in [0, 0.1) is 5.92 Å². The first-order valence-electron chi connectivity index (χ1n) is 9.19. The average molecular weight is 368 g/mol. The van der Waals surface area contributed by atoms with Gasteiger partial charge in [-0.05, 0) is 13.3 Å². The van der Waals surface area contributed by atoms with Gasteiger partial charge >= 0.3 is 35.5 Å². The Balaban J connectivity index is 0. The van der Waals surface area contributed by atoms with E-state index in [4.69, 9.17) is 5.11 Å². The second-order valence-corrected chi connectivity index (χ2v) is 6.87. The summed E-state index contributed by atoms with van der Waals surface area (Å²) >= 11 is 0. The SMILES string of the molecule is CCCCCCCCCCC(CC(=O)O)C(C)(O)N1C=NCC1.O.[NaH]. The van der Waals surface area contributed by atoms with Crippen molar-refractivity contribution < 1.29 is 20.5 Å². The maximum absolute atomic E-state index is 11.1. The van der Waals surface area contributed by atoms with Crippen molar-refractivity contribution in [1.29, 1.82) is 0 Å². The van der Waals surface area contributed by atoms with Gasteiger partial charge in [-0.25, -0.2) is 0 Å². The number of carboxylic acid groups (broad SMARTS) is 1. The van der Waals surface area contributed by atoms with Gasteiger partial charge in [0.25, 0.3) is 0 Å². The molecule has 0 spiro atoms. The van der Waals surface area contributed by atoms with Crippen molar-refractivity contribution in [1.82, 2.24) is 4.90 Å². The summed E-state index contributed by atoms with van der Waals surface area (Å²) < 4.78 is 0. The normalized spacial score (nSPS) is 16.7. The number of unbranched alkanes of at least 4 members (excludes halogenated alkanes) is 7. The van der Waals surface area contributed by atoms with Crippen LogP contribution < -0.4 is 0 Å². The summed E-state index contributed by atoms with van der Waals surface area (Å²) in [5.74, 6) is -1.10. The fourth-order valence-electron chi connectivity index (χ4n) is 3.26. The van der Waals surface area contributed by atoms with Crippen LogP contribution in [0.15, 0.2) is 4.99 Å². The van der Waals surface area contributed by atoms with Crippen LogP contribution in [-0.4, -0.2) is 81.3 Å². The Labute approximate surface area is 174 Å². The number of rotatable bonds is 13. The van der Waals surface area contributed by atoms with E-state index in [1.807, 2.05) is 0 Å². The first-order valence-corrected chi connectivity index (χ1v) is 9.19. The van der Waals surface area contributed by atoms with E-state index in [1.54, 1.807) is 18.2 Å². The predicted octanol–water partition coefficient (Wildman–Crippen LogP) is 2.19. The van der Waals surface area contributed by atoms with E-state index in [-0.39, 0.29) is 47.4 Å². The Morgan fingerprint density at radius 3 is 2.24 bits per heavy atom. The molecule has 25 heavy (non-hydrogen) atoms. The van der Waals surface area contributed by atoms with Gasteiger partial charge in [-0.1, -0.05) is 58.3 Å². The predicted molar refractivity (Wildman–Crippen MR) is 104 cm³/mol. The third kappa shape index (κ3) is 10.6. The minimum absolute atomic E-state index is 0. The Kier molecular flexibility index (Phi) is 16.2. The molecule has 0 aromatic heterocycles. The summed E-state index contributed by atoms with van der Waals surface area (Å²) in [6, 6.07) is 0. The van der Waals surface area contributed by atoms with Crippen molar-refractivity contribution in [2.75, 3.05) is 13.1 Å². The van der Waals surface area contributed by atoms with Gasteiger partial charge in [0.2, 0.25) is 0 Å². The summed E-state index contributed by atoms with van der Waals surface area (Å²) in [6.07, 6.45) is 12.2. The van der Waals surface area contributed by atoms with Gasteiger partial charge in [0.15, 0.2) is 0 Å². The summed E-state index contributed by atoms with van der Waals surface area (Å²) in [5, 5.41) is 19.9. The average Bonchev–Trinajstić information content (AvgIpc) is 3.03. The van der Waals surface area contributed by atoms with Gasteiger partial charge in [0, 0.05) is 12.5 Å². The van der Waals surface area contributed by atoms with Crippen LogP contribution in [0.5, 0.6) is 0 Å². The monoisotopic (exact) mass is 368 g/mol. The molecular weight excluding hydrogens is 331 g/mol. The number of hydrogen-bond donors (Lipinski definition) is 2. The molecule has 1 aliphatic heterocycles. The molecule has 4 N–H and O–H groups in total. The molecule has 6 nitrogen and oxygen atoms in total. The van der Waals surface area contributed by atoms with Crippen LogP contribution in [0.4, 0.5) is 0 Å². The van der Waals surface area contributed by atoms with E-state index >= 15 is 0 Å². The van der Waals surface area contributed by atoms with Crippen LogP contribution in [0.2, 0.25) is 0 Å². The van der Waals surface area contributed by atoms with Crippen molar-refractivity contribution in [3.63, 3.8) is 0 Å². The van der Waals surface area contributed by atoms with Crippen LogP contribution >= 0.6 is 0 Å². The standard InChI is InChI=1S/C18H34N2O3.Na.H2O.H/c1-3-4-5-6-7-8-9-10-11-16(14-17(21)22)18(2,23)20-13-12-19-15-20;;;/h15-16,23H,3-14H2,1-2H3,(H,21,22);;1H2;. The van der Waals surface area contributed by atoms with E-state index in [9.17, 15) is 9.90 Å². The molecule has 0 aromatic carbocycles. The van der Waals surface area contributed by atoms with E-state index in [1.165, 1.54) is 38.5 Å². The zero-order valence-electron chi connectivity index (χ0n) is 15.3. The second kappa shape index (κ2) is 15.0. The number of aliphatic carboxylic acids is 1. The van der Waals surface area contributed by atoms with Crippen molar-refractivity contribution in [2.45, 2.75) is 83.8 Å². The van der Waals surface area contributed by atoms with E-state index in [0.29, 0.717) is 13.1 Å². The molecule has 2 atom stereocenters.